The van der Waals surface area contributed by atoms with Gasteiger partial charge in [0.1, 0.15) is 0 Å². The Balaban J connectivity index is 2.21. The van der Waals surface area contributed by atoms with Crippen LogP contribution in [0, 0.1) is 24.5 Å². The predicted octanol–water partition coefficient (Wildman–Crippen LogP) is 3.15. The molecule has 1 aliphatic rings. The molecule has 0 atom stereocenters. The first-order valence-corrected chi connectivity index (χ1v) is 6.24. The molecule has 0 aromatic heterocycles. The highest BCUT2D eigenvalue weighted by atomic mass is 19.2. The van der Waals surface area contributed by atoms with Crippen LogP contribution in [0.2, 0.25) is 0 Å². The lowest BCUT2D eigenvalue weighted by atomic mass is 9.98. The highest BCUT2D eigenvalue weighted by molar-refractivity contribution is 5.95. The molecule has 1 heterocycles. The molecule has 0 spiro atoms. The Hall–Kier alpha value is -1.45. The average molecular weight is 253 g/mol. The van der Waals surface area contributed by atoms with Gasteiger partial charge in [0.25, 0.3) is 5.91 Å². The Morgan fingerprint density at radius 2 is 1.78 bits per heavy atom. The fraction of sp³-hybridized carbons (Fsp3) is 0.500. The first-order chi connectivity index (χ1) is 8.49. The van der Waals surface area contributed by atoms with Crippen LogP contribution in [0.1, 0.15) is 35.7 Å². The predicted molar refractivity (Wildman–Crippen MR) is 65.4 cm³/mol. The second-order valence-electron chi connectivity index (χ2n) is 5.06. The minimum Gasteiger partial charge on any atom is -0.339 e. The normalized spacial score (nSPS) is 17.0. The van der Waals surface area contributed by atoms with E-state index in [9.17, 15) is 13.6 Å². The van der Waals surface area contributed by atoms with Gasteiger partial charge in [0.15, 0.2) is 11.6 Å². The molecule has 18 heavy (non-hydrogen) atoms. The molecule has 0 unspecified atom stereocenters. The standard InChI is InChI=1S/C14H17F2NO/c1-9-3-5-17(6-4-9)14(18)11-8-13(16)12(15)7-10(11)2/h7-9H,3-6H2,1-2H3. The Labute approximate surface area is 106 Å². The number of piperidine rings is 1. The topological polar surface area (TPSA) is 20.3 Å². The molecule has 1 aromatic rings. The van der Waals surface area contributed by atoms with Gasteiger partial charge in [-0.2, -0.15) is 0 Å². The molecule has 2 nitrogen and oxygen atoms in total. The smallest absolute Gasteiger partial charge is 0.254 e. The Morgan fingerprint density at radius 3 is 2.39 bits per heavy atom. The van der Waals surface area contributed by atoms with E-state index in [1.807, 2.05) is 0 Å². The molecule has 1 amide bonds. The highest BCUT2D eigenvalue weighted by Gasteiger charge is 2.23. The van der Waals surface area contributed by atoms with E-state index in [-0.39, 0.29) is 11.5 Å². The number of hydrogen-bond acceptors (Lipinski definition) is 1. The van der Waals surface area contributed by atoms with Gasteiger partial charge in [0.2, 0.25) is 0 Å². The van der Waals surface area contributed by atoms with Gasteiger partial charge >= 0.3 is 0 Å². The van der Waals surface area contributed by atoms with Crippen LogP contribution in [0.5, 0.6) is 0 Å². The Bertz CT molecular complexity index is 465. The van der Waals surface area contributed by atoms with Crippen molar-refractivity contribution in [3.05, 3.63) is 34.9 Å². The monoisotopic (exact) mass is 253 g/mol. The van der Waals surface area contributed by atoms with Crippen molar-refractivity contribution in [2.75, 3.05) is 13.1 Å². The van der Waals surface area contributed by atoms with Gasteiger partial charge in [0, 0.05) is 18.7 Å². The van der Waals surface area contributed by atoms with Gasteiger partial charge in [0.05, 0.1) is 0 Å². The van der Waals surface area contributed by atoms with Crippen molar-refractivity contribution < 1.29 is 13.6 Å². The molecule has 1 saturated heterocycles. The molecule has 1 fully saturated rings. The molecule has 1 aromatic carbocycles. The zero-order valence-corrected chi connectivity index (χ0v) is 10.7. The molecule has 0 aliphatic carbocycles. The number of hydrogen-bond donors (Lipinski definition) is 0. The van der Waals surface area contributed by atoms with Gasteiger partial charge < -0.3 is 4.90 Å². The number of carbonyl (C=O) groups is 1. The summed E-state index contributed by atoms with van der Waals surface area (Å²) < 4.78 is 26.2. The summed E-state index contributed by atoms with van der Waals surface area (Å²) in [5, 5.41) is 0. The van der Waals surface area contributed by atoms with Gasteiger partial charge in [-0.3, -0.25) is 4.79 Å². The Morgan fingerprint density at radius 1 is 1.22 bits per heavy atom. The Kier molecular flexibility index (Phi) is 3.64. The number of amides is 1. The van der Waals surface area contributed by atoms with E-state index in [4.69, 9.17) is 0 Å². The van der Waals surface area contributed by atoms with Gasteiger partial charge in [-0.1, -0.05) is 6.92 Å². The zero-order valence-electron chi connectivity index (χ0n) is 10.7. The lowest BCUT2D eigenvalue weighted by molar-refractivity contribution is 0.0696. The summed E-state index contributed by atoms with van der Waals surface area (Å²) in [5.74, 6) is -1.44. The van der Waals surface area contributed by atoms with Gasteiger partial charge in [-0.25, -0.2) is 8.78 Å². The van der Waals surface area contributed by atoms with E-state index >= 15 is 0 Å². The molecule has 0 saturated carbocycles. The van der Waals surface area contributed by atoms with Crippen LogP contribution in [0.3, 0.4) is 0 Å². The third-order valence-corrected chi connectivity index (χ3v) is 3.57. The lowest BCUT2D eigenvalue weighted by Crippen LogP contribution is -2.38. The van der Waals surface area contributed by atoms with Crippen molar-refractivity contribution >= 4 is 5.91 Å². The van der Waals surface area contributed by atoms with Crippen molar-refractivity contribution in [3.63, 3.8) is 0 Å². The molecular weight excluding hydrogens is 236 g/mol. The molecule has 0 N–H and O–H groups in total. The van der Waals surface area contributed by atoms with E-state index in [0.717, 1.165) is 25.0 Å². The van der Waals surface area contributed by atoms with E-state index in [1.54, 1.807) is 11.8 Å². The van der Waals surface area contributed by atoms with Crippen LogP contribution in [-0.2, 0) is 0 Å². The van der Waals surface area contributed by atoms with Crippen LogP contribution >= 0.6 is 0 Å². The molecule has 4 heteroatoms. The first kappa shape index (κ1) is 13.0. The summed E-state index contributed by atoms with van der Waals surface area (Å²) >= 11 is 0. The number of aryl methyl sites for hydroxylation is 1. The second kappa shape index (κ2) is 5.04. The summed E-state index contributed by atoms with van der Waals surface area (Å²) in [5.41, 5.74) is 0.751. The maximum absolute atomic E-state index is 13.2. The van der Waals surface area contributed by atoms with Crippen LogP contribution in [0.25, 0.3) is 0 Å². The maximum atomic E-state index is 13.2. The first-order valence-electron chi connectivity index (χ1n) is 6.24. The van der Waals surface area contributed by atoms with Crippen molar-refractivity contribution in [1.29, 1.82) is 0 Å². The number of carbonyl (C=O) groups excluding carboxylic acids is 1. The number of nitrogens with zero attached hydrogens (tertiary/aromatic N) is 1. The summed E-state index contributed by atoms with van der Waals surface area (Å²) in [6, 6.07) is 2.08. The van der Waals surface area contributed by atoms with E-state index in [1.165, 1.54) is 0 Å². The largest absolute Gasteiger partial charge is 0.339 e. The minimum atomic E-state index is -0.964. The zero-order chi connectivity index (χ0) is 13.3. The number of benzene rings is 1. The van der Waals surface area contributed by atoms with Crippen LogP contribution in [0.15, 0.2) is 12.1 Å². The average Bonchev–Trinajstić information content (AvgIpc) is 2.34. The number of rotatable bonds is 1. The van der Waals surface area contributed by atoms with Crippen LogP contribution in [0.4, 0.5) is 8.78 Å². The molecule has 1 aliphatic heterocycles. The van der Waals surface area contributed by atoms with Crippen molar-refractivity contribution in [2.24, 2.45) is 5.92 Å². The fourth-order valence-electron chi connectivity index (χ4n) is 2.26. The summed E-state index contributed by atoms with van der Waals surface area (Å²) in [6.07, 6.45) is 1.93. The number of halogens is 2. The quantitative estimate of drug-likeness (QED) is 0.753. The van der Waals surface area contributed by atoms with Crippen LogP contribution < -0.4 is 0 Å². The van der Waals surface area contributed by atoms with Crippen molar-refractivity contribution in [3.8, 4) is 0 Å². The molecule has 0 bridgehead atoms. The van der Waals surface area contributed by atoms with E-state index in [0.29, 0.717) is 24.6 Å². The van der Waals surface area contributed by atoms with Crippen molar-refractivity contribution in [2.45, 2.75) is 26.7 Å². The summed E-state index contributed by atoms with van der Waals surface area (Å²) in [4.78, 5) is 13.9. The lowest BCUT2D eigenvalue weighted by Gasteiger charge is -2.30. The third kappa shape index (κ3) is 2.52. The fourth-order valence-corrected chi connectivity index (χ4v) is 2.26. The SMILES string of the molecule is Cc1cc(F)c(F)cc1C(=O)N1CCC(C)CC1. The summed E-state index contributed by atoms with van der Waals surface area (Å²) in [6.45, 7) is 5.17. The molecular formula is C14H17F2NO. The van der Waals surface area contributed by atoms with E-state index < -0.39 is 11.6 Å². The third-order valence-electron chi connectivity index (χ3n) is 3.57. The van der Waals surface area contributed by atoms with Crippen LogP contribution in [-0.4, -0.2) is 23.9 Å². The highest BCUT2D eigenvalue weighted by Crippen LogP contribution is 2.21. The van der Waals surface area contributed by atoms with Gasteiger partial charge in [-0.05, 0) is 43.4 Å². The molecule has 0 radical (unpaired) electrons. The van der Waals surface area contributed by atoms with Crippen molar-refractivity contribution in [1.82, 2.24) is 4.90 Å². The molecule has 98 valence electrons. The minimum absolute atomic E-state index is 0.196. The second-order valence-corrected chi connectivity index (χ2v) is 5.06. The maximum Gasteiger partial charge on any atom is 0.254 e. The van der Waals surface area contributed by atoms with E-state index in [2.05, 4.69) is 6.92 Å². The van der Waals surface area contributed by atoms with Gasteiger partial charge in [-0.15, -0.1) is 0 Å². The molecule has 2 rings (SSSR count). The summed E-state index contributed by atoms with van der Waals surface area (Å²) in [7, 11) is 0. The number of likely N-dealkylation sites (tertiary alicyclic amines) is 1.